The molecule has 1 saturated heterocycles. The van der Waals surface area contributed by atoms with Crippen molar-refractivity contribution in [3.63, 3.8) is 0 Å². The van der Waals surface area contributed by atoms with Gasteiger partial charge in [-0.1, -0.05) is 84.0 Å². The molecule has 0 aromatic heterocycles. The second-order valence-corrected chi connectivity index (χ2v) is 8.62. The van der Waals surface area contributed by atoms with Crippen molar-refractivity contribution < 1.29 is 14.7 Å². The van der Waals surface area contributed by atoms with Crippen LogP contribution in [0.4, 0.5) is 0 Å². The Morgan fingerprint density at radius 3 is 2.33 bits per heavy atom. The summed E-state index contributed by atoms with van der Waals surface area (Å²) in [5.74, 6) is -0.937. The van der Waals surface area contributed by atoms with Crippen molar-refractivity contribution in [3.8, 4) is 11.1 Å². The molecular formula is C28H30N2O3. The van der Waals surface area contributed by atoms with Crippen LogP contribution < -0.4 is 0 Å². The van der Waals surface area contributed by atoms with E-state index in [0.29, 0.717) is 13.2 Å². The lowest BCUT2D eigenvalue weighted by atomic mass is 9.97. The van der Waals surface area contributed by atoms with E-state index in [1.54, 1.807) is 0 Å². The van der Waals surface area contributed by atoms with Crippen molar-refractivity contribution in [3.05, 3.63) is 95.6 Å². The van der Waals surface area contributed by atoms with E-state index in [9.17, 15) is 9.90 Å². The summed E-state index contributed by atoms with van der Waals surface area (Å²) in [6, 6.07) is 26.9. The van der Waals surface area contributed by atoms with E-state index in [-0.39, 0.29) is 5.92 Å². The van der Waals surface area contributed by atoms with Crippen molar-refractivity contribution in [1.29, 1.82) is 0 Å². The summed E-state index contributed by atoms with van der Waals surface area (Å²) in [6.07, 6.45) is 1.71. The number of rotatable bonds is 8. The number of likely N-dealkylation sites (tertiary alicyclic amines) is 1. The first-order valence-electron chi connectivity index (χ1n) is 11.4. The Morgan fingerprint density at radius 2 is 1.64 bits per heavy atom. The lowest BCUT2D eigenvalue weighted by Crippen LogP contribution is -2.38. The molecule has 1 aliphatic rings. The summed E-state index contributed by atoms with van der Waals surface area (Å²) in [4.78, 5) is 19.1. The van der Waals surface area contributed by atoms with Gasteiger partial charge in [-0.05, 0) is 54.1 Å². The van der Waals surface area contributed by atoms with E-state index in [1.165, 1.54) is 16.7 Å². The van der Waals surface area contributed by atoms with E-state index >= 15 is 0 Å². The molecule has 170 valence electrons. The van der Waals surface area contributed by atoms with Crippen LogP contribution in [0.15, 0.2) is 84.0 Å². The predicted octanol–water partition coefficient (Wildman–Crippen LogP) is 5.59. The zero-order valence-corrected chi connectivity index (χ0v) is 19.0. The molecule has 0 aliphatic carbocycles. The zero-order chi connectivity index (χ0) is 23.0. The number of carboxylic acids is 1. The van der Waals surface area contributed by atoms with Gasteiger partial charge in [0.25, 0.3) is 0 Å². The molecule has 3 aromatic carbocycles. The fourth-order valence-corrected chi connectivity index (χ4v) is 4.19. The van der Waals surface area contributed by atoms with Crippen LogP contribution in [0.2, 0.25) is 0 Å². The van der Waals surface area contributed by atoms with Crippen molar-refractivity contribution in [2.75, 3.05) is 13.1 Å². The van der Waals surface area contributed by atoms with Crippen molar-refractivity contribution in [2.45, 2.75) is 32.9 Å². The van der Waals surface area contributed by atoms with Gasteiger partial charge in [-0.3, -0.25) is 9.69 Å². The predicted molar refractivity (Wildman–Crippen MR) is 131 cm³/mol. The highest BCUT2D eigenvalue weighted by Crippen LogP contribution is 2.20. The Balaban J connectivity index is 1.28. The number of piperidine rings is 1. The Labute approximate surface area is 195 Å². The van der Waals surface area contributed by atoms with Crippen LogP contribution in [0.5, 0.6) is 0 Å². The zero-order valence-electron chi connectivity index (χ0n) is 19.0. The SMILES string of the molecule is CC(=NOCc1ccc(-c2ccccc2)cc1)c1ccc(CN2CCCC(C(=O)O)C2)cc1. The van der Waals surface area contributed by atoms with Crippen LogP contribution in [0, 0.1) is 5.92 Å². The Hall–Kier alpha value is -3.44. The Morgan fingerprint density at radius 1 is 0.970 bits per heavy atom. The summed E-state index contributed by atoms with van der Waals surface area (Å²) < 4.78 is 0. The number of benzene rings is 3. The van der Waals surface area contributed by atoms with Gasteiger partial charge in [-0.25, -0.2) is 0 Å². The molecule has 3 aromatic rings. The van der Waals surface area contributed by atoms with Crippen LogP contribution >= 0.6 is 0 Å². The van der Waals surface area contributed by atoms with E-state index in [4.69, 9.17) is 4.84 Å². The first-order valence-corrected chi connectivity index (χ1v) is 11.4. The maximum Gasteiger partial charge on any atom is 0.307 e. The molecule has 4 rings (SSSR count). The van der Waals surface area contributed by atoms with Crippen molar-refractivity contribution in [2.24, 2.45) is 11.1 Å². The minimum Gasteiger partial charge on any atom is -0.481 e. The van der Waals surface area contributed by atoms with Crippen molar-refractivity contribution >= 4 is 11.7 Å². The lowest BCUT2D eigenvalue weighted by molar-refractivity contribution is -0.143. The maximum absolute atomic E-state index is 11.3. The lowest BCUT2D eigenvalue weighted by Gasteiger charge is -2.30. The van der Waals surface area contributed by atoms with E-state index in [1.807, 2.05) is 37.3 Å². The third-order valence-corrected chi connectivity index (χ3v) is 6.13. The highest BCUT2D eigenvalue weighted by molar-refractivity contribution is 5.98. The molecule has 5 nitrogen and oxygen atoms in total. The smallest absolute Gasteiger partial charge is 0.307 e. The minimum absolute atomic E-state index is 0.251. The molecule has 1 N–H and O–H groups in total. The minimum atomic E-state index is -0.686. The molecule has 0 saturated carbocycles. The van der Waals surface area contributed by atoms with Crippen LogP contribution in [0.25, 0.3) is 11.1 Å². The van der Waals surface area contributed by atoms with Gasteiger partial charge in [0.15, 0.2) is 0 Å². The van der Waals surface area contributed by atoms with Crippen LogP contribution in [-0.4, -0.2) is 34.8 Å². The van der Waals surface area contributed by atoms with Gasteiger partial charge in [-0.15, -0.1) is 0 Å². The quantitative estimate of drug-likeness (QED) is 0.365. The number of nitrogens with zero attached hydrogens (tertiary/aromatic N) is 2. The standard InChI is InChI=1S/C28H30N2O3/c1-21(29-33-20-23-11-15-26(16-12-23)25-6-3-2-4-7-25)24-13-9-22(10-14-24)18-30-17-5-8-27(19-30)28(31)32/h2-4,6-7,9-16,27H,5,8,17-20H2,1H3,(H,31,32). The Bertz CT molecular complexity index is 1080. The van der Waals surface area contributed by atoms with Gasteiger partial charge in [-0.2, -0.15) is 0 Å². The molecule has 0 radical (unpaired) electrons. The van der Waals surface area contributed by atoms with Crippen molar-refractivity contribution in [1.82, 2.24) is 4.90 Å². The van der Waals surface area contributed by atoms with E-state index < -0.39 is 5.97 Å². The molecule has 0 spiro atoms. The summed E-state index contributed by atoms with van der Waals surface area (Å²) in [5, 5.41) is 13.6. The molecular weight excluding hydrogens is 412 g/mol. The van der Waals surface area contributed by atoms with Gasteiger partial charge in [0.2, 0.25) is 0 Å². The number of oxime groups is 1. The van der Waals surface area contributed by atoms with E-state index in [2.05, 4.69) is 58.6 Å². The van der Waals surface area contributed by atoms with Gasteiger partial charge in [0, 0.05) is 13.1 Å². The first-order chi connectivity index (χ1) is 16.1. The fraction of sp³-hybridized carbons (Fsp3) is 0.286. The molecule has 1 atom stereocenters. The molecule has 1 fully saturated rings. The van der Waals surface area contributed by atoms with Gasteiger partial charge >= 0.3 is 5.97 Å². The molecule has 33 heavy (non-hydrogen) atoms. The topological polar surface area (TPSA) is 62.1 Å². The molecule has 0 bridgehead atoms. The maximum atomic E-state index is 11.3. The second kappa shape index (κ2) is 10.9. The first kappa shape index (κ1) is 22.7. The molecule has 0 amide bonds. The van der Waals surface area contributed by atoms with Crippen LogP contribution in [-0.2, 0) is 22.8 Å². The summed E-state index contributed by atoms with van der Waals surface area (Å²) in [5.41, 5.74) is 6.47. The number of hydrogen-bond donors (Lipinski definition) is 1. The summed E-state index contributed by atoms with van der Waals surface area (Å²) in [6.45, 7) is 4.71. The van der Waals surface area contributed by atoms with Crippen LogP contribution in [0.1, 0.15) is 36.5 Å². The number of carbonyl (C=O) groups is 1. The monoisotopic (exact) mass is 442 g/mol. The van der Waals surface area contributed by atoms with Crippen LogP contribution in [0.3, 0.4) is 0 Å². The van der Waals surface area contributed by atoms with E-state index in [0.717, 1.165) is 42.8 Å². The highest BCUT2D eigenvalue weighted by atomic mass is 16.6. The normalized spacial score (nSPS) is 17.0. The van der Waals surface area contributed by atoms with Gasteiger partial charge < -0.3 is 9.94 Å². The van der Waals surface area contributed by atoms with Gasteiger partial charge in [0.1, 0.15) is 6.61 Å². The number of aliphatic carboxylic acids is 1. The number of carboxylic acid groups (broad SMARTS) is 1. The average molecular weight is 443 g/mol. The largest absolute Gasteiger partial charge is 0.481 e. The summed E-state index contributed by atoms with van der Waals surface area (Å²) >= 11 is 0. The Kier molecular flexibility index (Phi) is 7.53. The third-order valence-electron chi connectivity index (χ3n) is 6.13. The fourth-order valence-electron chi connectivity index (χ4n) is 4.19. The molecule has 5 heteroatoms. The molecule has 1 aliphatic heterocycles. The third kappa shape index (κ3) is 6.30. The second-order valence-electron chi connectivity index (χ2n) is 8.62. The molecule has 1 unspecified atom stereocenters. The number of hydrogen-bond acceptors (Lipinski definition) is 4. The average Bonchev–Trinajstić information content (AvgIpc) is 2.85. The van der Waals surface area contributed by atoms with Gasteiger partial charge in [0.05, 0.1) is 11.6 Å². The summed E-state index contributed by atoms with van der Waals surface area (Å²) in [7, 11) is 0. The molecule has 1 heterocycles. The highest BCUT2D eigenvalue weighted by Gasteiger charge is 2.25.